The normalized spacial score (nSPS) is 16.2. The summed E-state index contributed by atoms with van der Waals surface area (Å²) in [4.78, 5) is 19.9. The molecule has 0 spiro atoms. The molecule has 0 saturated carbocycles. The van der Waals surface area contributed by atoms with Crippen molar-refractivity contribution < 1.29 is 9.32 Å². The van der Waals surface area contributed by atoms with Crippen LogP contribution in [0, 0.1) is 6.92 Å². The summed E-state index contributed by atoms with van der Waals surface area (Å²) in [7, 11) is 0. The number of likely N-dealkylation sites (tertiary alicyclic amines) is 1. The summed E-state index contributed by atoms with van der Waals surface area (Å²) in [5.41, 5.74) is 5.00. The van der Waals surface area contributed by atoms with Gasteiger partial charge in [-0.05, 0) is 49.4 Å². The van der Waals surface area contributed by atoms with Gasteiger partial charge in [0.05, 0.1) is 0 Å². The van der Waals surface area contributed by atoms with Crippen molar-refractivity contribution in [2.45, 2.75) is 32.2 Å². The molecule has 1 aliphatic heterocycles. The lowest BCUT2D eigenvalue weighted by atomic mass is 9.99. The number of benzene rings is 3. The third kappa shape index (κ3) is 4.06. The van der Waals surface area contributed by atoms with Crippen LogP contribution in [-0.4, -0.2) is 27.5 Å². The van der Waals surface area contributed by atoms with E-state index in [2.05, 4.69) is 22.3 Å². The Morgan fingerprint density at radius 3 is 2.31 bits per heavy atom. The van der Waals surface area contributed by atoms with Crippen LogP contribution in [0.15, 0.2) is 83.4 Å². The zero-order valence-corrected chi connectivity index (χ0v) is 18.1. The molecule has 0 N–H and O–H groups in total. The number of amides is 1. The second-order valence-electron chi connectivity index (χ2n) is 8.28. The van der Waals surface area contributed by atoms with Gasteiger partial charge in [0.15, 0.2) is 0 Å². The molecule has 5 rings (SSSR count). The number of carbonyl (C=O) groups excluding carboxylic acids is 1. The molecule has 32 heavy (non-hydrogen) atoms. The van der Waals surface area contributed by atoms with Crippen LogP contribution >= 0.6 is 0 Å². The quantitative estimate of drug-likeness (QED) is 0.399. The Labute approximate surface area is 187 Å². The first-order chi connectivity index (χ1) is 15.7. The molecule has 1 aromatic heterocycles. The maximum absolute atomic E-state index is 13.4. The molecule has 1 amide bonds. The first-order valence-corrected chi connectivity index (χ1v) is 11.1. The summed E-state index contributed by atoms with van der Waals surface area (Å²) in [5.74, 6) is 1.07. The van der Waals surface area contributed by atoms with Crippen LogP contribution in [0.1, 0.15) is 47.1 Å². The average molecular weight is 424 g/mol. The largest absolute Gasteiger partial charge is 0.337 e. The van der Waals surface area contributed by atoms with Gasteiger partial charge in [-0.15, -0.1) is 0 Å². The lowest BCUT2D eigenvalue weighted by molar-refractivity contribution is 0.0561. The molecule has 1 saturated heterocycles. The minimum atomic E-state index is -0.197. The molecule has 4 aromatic rings. The Bertz CT molecular complexity index is 1200. The SMILES string of the molecule is Cc1ccc(-c2noc([C@@H]3CCCCN3C(=O)c3ccc(-c4ccccc4)cc3)n2)cc1. The first kappa shape index (κ1) is 20.2. The number of carbonyl (C=O) groups is 1. The van der Waals surface area contributed by atoms with Gasteiger partial charge < -0.3 is 9.42 Å². The summed E-state index contributed by atoms with van der Waals surface area (Å²) in [6.07, 6.45) is 2.83. The fourth-order valence-electron chi connectivity index (χ4n) is 4.22. The fraction of sp³-hybridized carbons (Fsp3) is 0.222. The molecule has 0 unspecified atom stereocenters. The summed E-state index contributed by atoms with van der Waals surface area (Å²) >= 11 is 0. The van der Waals surface area contributed by atoms with Crippen LogP contribution < -0.4 is 0 Å². The third-order valence-electron chi connectivity index (χ3n) is 6.04. The van der Waals surface area contributed by atoms with Crippen LogP contribution in [0.4, 0.5) is 0 Å². The van der Waals surface area contributed by atoms with E-state index >= 15 is 0 Å². The average Bonchev–Trinajstić information content (AvgIpc) is 3.35. The van der Waals surface area contributed by atoms with E-state index in [1.54, 1.807) is 0 Å². The highest BCUT2D eigenvalue weighted by molar-refractivity contribution is 5.95. The van der Waals surface area contributed by atoms with Gasteiger partial charge in [-0.3, -0.25) is 4.79 Å². The molecule has 2 heterocycles. The van der Waals surface area contributed by atoms with Crippen molar-refractivity contribution in [3.05, 3.63) is 95.9 Å². The number of rotatable bonds is 4. The molecule has 5 nitrogen and oxygen atoms in total. The molecule has 0 bridgehead atoms. The van der Waals surface area contributed by atoms with E-state index in [9.17, 15) is 4.79 Å². The minimum Gasteiger partial charge on any atom is -0.337 e. The summed E-state index contributed by atoms with van der Waals surface area (Å²) in [6.45, 7) is 2.73. The molecule has 0 radical (unpaired) electrons. The van der Waals surface area contributed by atoms with Crippen molar-refractivity contribution in [1.29, 1.82) is 0 Å². The molecule has 0 aliphatic carbocycles. The number of nitrogens with zero attached hydrogens (tertiary/aromatic N) is 3. The number of piperidine rings is 1. The second-order valence-corrected chi connectivity index (χ2v) is 8.28. The first-order valence-electron chi connectivity index (χ1n) is 11.1. The van der Waals surface area contributed by atoms with E-state index in [-0.39, 0.29) is 11.9 Å². The molecule has 5 heteroatoms. The minimum absolute atomic E-state index is 0.00407. The Morgan fingerprint density at radius 1 is 0.875 bits per heavy atom. The molecular formula is C27H25N3O2. The van der Waals surface area contributed by atoms with Gasteiger partial charge in [0.2, 0.25) is 11.7 Å². The monoisotopic (exact) mass is 423 g/mol. The van der Waals surface area contributed by atoms with Crippen molar-refractivity contribution >= 4 is 5.91 Å². The highest BCUT2D eigenvalue weighted by Crippen LogP contribution is 2.32. The third-order valence-corrected chi connectivity index (χ3v) is 6.04. The standard InChI is InChI=1S/C27H25N3O2/c1-19-10-12-22(13-11-19)25-28-26(32-29-25)24-9-5-6-18-30(24)27(31)23-16-14-21(15-17-23)20-7-3-2-4-8-20/h2-4,7-8,10-17,24H,5-6,9,18H2,1H3/t24-/m0/s1. The predicted molar refractivity (Wildman–Crippen MR) is 124 cm³/mol. The van der Waals surface area contributed by atoms with E-state index < -0.39 is 0 Å². The van der Waals surface area contributed by atoms with E-state index in [0.29, 0.717) is 23.8 Å². The Kier molecular flexibility index (Phi) is 5.55. The zero-order chi connectivity index (χ0) is 21.9. The lowest BCUT2D eigenvalue weighted by Gasteiger charge is -2.33. The van der Waals surface area contributed by atoms with Crippen LogP contribution in [0.2, 0.25) is 0 Å². The van der Waals surface area contributed by atoms with E-state index in [1.165, 1.54) is 5.56 Å². The van der Waals surface area contributed by atoms with Gasteiger partial charge in [-0.2, -0.15) is 4.98 Å². The fourth-order valence-corrected chi connectivity index (χ4v) is 4.22. The highest BCUT2D eigenvalue weighted by atomic mass is 16.5. The topological polar surface area (TPSA) is 59.2 Å². The summed E-state index contributed by atoms with van der Waals surface area (Å²) in [5, 5.41) is 4.18. The molecule has 1 aliphatic rings. The van der Waals surface area contributed by atoms with Gasteiger partial charge in [0, 0.05) is 17.7 Å². The van der Waals surface area contributed by atoms with Gasteiger partial charge in [-0.1, -0.05) is 77.5 Å². The van der Waals surface area contributed by atoms with Crippen LogP contribution in [0.25, 0.3) is 22.5 Å². The highest BCUT2D eigenvalue weighted by Gasteiger charge is 2.32. The summed E-state index contributed by atoms with van der Waals surface area (Å²) in [6, 6.07) is 25.8. The molecule has 1 fully saturated rings. The van der Waals surface area contributed by atoms with Crippen molar-refractivity contribution in [2.75, 3.05) is 6.54 Å². The molecular weight excluding hydrogens is 398 g/mol. The van der Waals surface area contributed by atoms with E-state index in [4.69, 9.17) is 4.52 Å². The second kappa shape index (κ2) is 8.79. The Morgan fingerprint density at radius 2 is 1.56 bits per heavy atom. The van der Waals surface area contributed by atoms with Crippen LogP contribution in [0.5, 0.6) is 0 Å². The van der Waals surface area contributed by atoms with Crippen LogP contribution in [0.3, 0.4) is 0 Å². The predicted octanol–water partition coefficient (Wildman–Crippen LogP) is 6.08. The maximum atomic E-state index is 13.4. The van der Waals surface area contributed by atoms with Crippen molar-refractivity contribution in [3.63, 3.8) is 0 Å². The maximum Gasteiger partial charge on any atom is 0.254 e. The number of hydrogen-bond donors (Lipinski definition) is 0. The lowest BCUT2D eigenvalue weighted by Crippen LogP contribution is -2.38. The van der Waals surface area contributed by atoms with Crippen molar-refractivity contribution in [3.8, 4) is 22.5 Å². The number of aromatic nitrogens is 2. The Hall–Kier alpha value is -3.73. The summed E-state index contributed by atoms with van der Waals surface area (Å²) < 4.78 is 5.63. The molecule has 3 aromatic carbocycles. The van der Waals surface area contributed by atoms with E-state index in [1.807, 2.05) is 78.6 Å². The zero-order valence-electron chi connectivity index (χ0n) is 18.1. The van der Waals surface area contributed by atoms with Crippen LogP contribution in [-0.2, 0) is 0 Å². The number of hydrogen-bond acceptors (Lipinski definition) is 4. The smallest absolute Gasteiger partial charge is 0.254 e. The van der Waals surface area contributed by atoms with Gasteiger partial charge in [-0.25, -0.2) is 0 Å². The number of aryl methyl sites for hydroxylation is 1. The van der Waals surface area contributed by atoms with E-state index in [0.717, 1.165) is 36.0 Å². The van der Waals surface area contributed by atoms with Crippen molar-refractivity contribution in [2.24, 2.45) is 0 Å². The molecule has 1 atom stereocenters. The molecule has 160 valence electrons. The van der Waals surface area contributed by atoms with Gasteiger partial charge in [0.25, 0.3) is 5.91 Å². The van der Waals surface area contributed by atoms with Gasteiger partial charge >= 0.3 is 0 Å². The van der Waals surface area contributed by atoms with Crippen molar-refractivity contribution in [1.82, 2.24) is 15.0 Å². The van der Waals surface area contributed by atoms with Gasteiger partial charge in [0.1, 0.15) is 6.04 Å². The Balaban J connectivity index is 1.38.